The number of hydrazine groups is 1. The molecule has 3 aliphatic rings. The van der Waals surface area contributed by atoms with E-state index in [9.17, 15) is 19.2 Å². The molecule has 2 saturated heterocycles. The second-order valence-corrected chi connectivity index (χ2v) is 19.1. The molecule has 1 saturated carbocycles. The number of nitrogens with zero attached hydrogens (tertiary/aromatic N) is 2. The fourth-order valence-electron chi connectivity index (χ4n) is 5.23. The maximum absolute atomic E-state index is 13.4. The van der Waals surface area contributed by atoms with Gasteiger partial charge in [0.05, 0.1) is 12.6 Å². The highest BCUT2D eigenvalue weighted by Crippen LogP contribution is 2.59. The van der Waals surface area contributed by atoms with Crippen LogP contribution >= 0.6 is 0 Å². The SMILES string of the molecule is CC(C)(C)OC(=O)NCC(O[Si](C)(C)C(C)(C)C)C(=O)NNC(=O)[C@@H]1CC2(CC2)[C@H]2CN1C(=O)N2OCc1ccccc1. The monoisotopic (exact) mass is 617 g/mol. The highest BCUT2D eigenvalue weighted by atomic mass is 28.4. The molecule has 13 heteroatoms. The maximum Gasteiger partial charge on any atom is 0.407 e. The van der Waals surface area contributed by atoms with E-state index < -0.39 is 44.0 Å². The van der Waals surface area contributed by atoms with Crippen molar-refractivity contribution in [1.82, 2.24) is 26.1 Å². The Kier molecular flexibility index (Phi) is 9.20. The first-order valence-electron chi connectivity index (χ1n) is 14.9. The zero-order valence-corrected chi connectivity index (χ0v) is 27.6. The van der Waals surface area contributed by atoms with Crippen molar-refractivity contribution in [3.8, 4) is 0 Å². The fourth-order valence-corrected chi connectivity index (χ4v) is 6.48. The van der Waals surface area contributed by atoms with Gasteiger partial charge >= 0.3 is 12.1 Å². The number of ether oxygens (including phenoxy) is 1. The molecule has 3 atom stereocenters. The second-order valence-electron chi connectivity index (χ2n) is 14.3. The van der Waals surface area contributed by atoms with E-state index in [0.29, 0.717) is 13.0 Å². The number of urea groups is 1. The van der Waals surface area contributed by atoms with E-state index >= 15 is 0 Å². The molecule has 5 amide bonds. The Hall–Kier alpha value is -3.16. The van der Waals surface area contributed by atoms with Gasteiger partial charge in [-0.05, 0) is 69.1 Å². The van der Waals surface area contributed by atoms with E-state index in [1.165, 1.54) is 9.96 Å². The summed E-state index contributed by atoms with van der Waals surface area (Å²) in [5.41, 5.74) is 5.07. The van der Waals surface area contributed by atoms with Crippen LogP contribution in [0, 0.1) is 5.41 Å². The van der Waals surface area contributed by atoms with Crippen LogP contribution in [-0.2, 0) is 30.2 Å². The molecule has 2 bridgehead atoms. The minimum Gasteiger partial charge on any atom is -0.444 e. The minimum atomic E-state index is -2.45. The molecular weight excluding hydrogens is 570 g/mol. The Morgan fingerprint density at radius 2 is 1.70 bits per heavy atom. The Labute approximate surface area is 255 Å². The molecule has 12 nitrogen and oxygen atoms in total. The second kappa shape index (κ2) is 12.1. The largest absolute Gasteiger partial charge is 0.444 e. The number of alkyl carbamates (subject to hydrolysis) is 1. The lowest BCUT2D eigenvalue weighted by Gasteiger charge is -2.39. The lowest BCUT2D eigenvalue weighted by Crippen LogP contribution is -2.59. The van der Waals surface area contributed by atoms with Gasteiger partial charge in [0, 0.05) is 6.54 Å². The Morgan fingerprint density at radius 3 is 2.28 bits per heavy atom. The van der Waals surface area contributed by atoms with E-state index in [-0.39, 0.29) is 35.7 Å². The summed E-state index contributed by atoms with van der Waals surface area (Å²) >= 11 is 0. The lowest BCUT2D eigenvalue weighted by molar-refractivity contribution is -0.153. The van der Waals surface area contributed by atoms with Gasteiger partial charge in [0.2, 0.25) is 0 Å². The molecule has 1 aromatic rings. The summed E-state index contributed by atoms with van der Waals surface area (Å²) in [5, 5.41) is 3.85. The summed E-state index contributed by atoms with van der Waals surface area (Å²) in [6.45, 7) is 15.9. The summed E-state index contributed by atoms with van der Waals surface area (Å²) in [7, 11) is -2.45. The summed E-state index contributed by atoms with van der Waals surface area (Å²) < 4.78 is 11.6. The van der Waals surface area contributed by atoms with E-state index in [2.05, 4.69) is 16.2 Å². The Balaban J connectivity index is 1.39. The summed E-state index contributed by atoms with van der Waals surface area (Å²) in [5.74, 6) is -1.09. The van der Waals surface area contributed by atoms with Crippen molar-refractivity contribution >= 4 is 32.3 Å². The van der Waals surface area contributed by atoms with Crippen molar-refractivity contribution in [2.45, 2.75) is 109 Å². The number of hydrogen-bond donors (Lipinski definition) is 3. The summed E-state index contributed by atoms with van der Waals surface area (Å²) in [6, 6.07) is 8.40. The first-order valence-corrected chi connectivity index (χ1v) is 17.8. The van der Waals surface area contributed by atoms with Gasteiger partial charge in [0.15, 0.2) is 8.32 Å². The predicted octanol–water partition coefficient (Wildman–Crippen LogP) is 3.84. The van der Waals surface area contributed by atoms with Gasteiger partial charge in [-0.3, -0.25) is 25.3 Å². The van der Waals surface area contributed by atoms with Crippen LogP contribution in [0.25, 0.3) is 0 Å². The number of piperidine rings is 1. The number of benzene rings is 1. The van der Waals surface area contributed by atoms with Gasteiger partial charge in [-0.1, -0.05) is 51.1 Å². The van der Waals surface area contributed by atoms with Crippen LogP contribution in [0.5, 0.6) is 0 Å². The van der Waals surface area contributed by atoms with Crippen molar-refractivity contribution in [1.29, 1.82) is 0 Å². The average molecular weight is 618 g/mol. The third-order valence-corrected chi connectivity index (χ3v) is 13.3. The van der Waals surface area contributed by atoms with Gasteiger partial charge in [-0.2, -0.15) is 5.06 Å². The number of amides is 5. The molecule has 3 N–H and O–H groups in total. The standard InChI is InChI=1S/C30H47N5O7Si/c1-28(2,3)41-26(38)31-17-22(42-43(7,8)29(4,5)6)25(37)33-32-24(36)21-16-30(14-15-30)23-18-34(21)27(39)35(23)40-19-20-12-10-9-11-13-20/h9-13,21-23H,14-19H2,1-8H3,(H,31,38)(H,32,36)(H,33,37)/t21-,22?,23+/m0/s1. The zero-order chi connectivity index (χ0) is 31.8. The molecule has 1 aromatic carbocycles. The number of rotatable bonds is 9. The van der Waals surface area contributed by atoms with Crippen molar-refractivity contribution in [2.24, 2.45) is 5.41 Å². The molecule has 2 aliphatic heterocycles. The van der Waals surface area contributed by atoms with Crippen LogP contribution in [0.4, 0.5) is 9.59 Å². The van der Waals surface area contributed by atoms with Crippen molar-refractivity contribution in [3.05, 3.63) is 35.9 Å². The minimum absolute atomic E-state index is 0.122. The molecule has 4 rings (SSSR count). The maximum atomic E-state index is 13.4. The number of hydrogen-bond acceptors (Lipinski definition) is 7. The molecule has 0 aromatic heterocycles. The van der Waals surface area contributed by atoms with Crippen LogP contribution < -0.4 is 16.2 Å². The van der Waals surface area contributed by atoms with E-state index in [1.807, 2.05) is 64.2 Å². The zero-order valence-electron chi connectivity index (χ0n) is 26.6. The molecule has 1 aliphatic carbocycles. The normalized spacial score (nSPS) is 21.8. The van der Waals surface area contributed by atoms with Crippen LogP contribution in [-0.4, -0.2) is 79.1 Å². The molecule has 0 radical (unpaired) electrons. The summed E-state index contributed by atoms with van der Waals surface area (Å²) in [4.78, 5) is 60.0. The van der Waals surface area contributed by atoms with E-state index in [0.717, 1.165) is 18.4 Å². The Bertz CT molecular complexity index is 1210. The average Bonchev–Trinajstić information content (AvgIpc) is 3.62. The van der Waals surface area contributed by atoms with E-state index in [4.69, 9.17) is 14.0 Å². The van der Waals surface area contributed by atoms with Gasteiger partial charge < -0.3 is 19.4 Å². The van der Waals surface area contributed by atoms with Crippen LogP contribution in [0.15, 0.2) is 30.3 Å². The Morgan fingerprint density at radius 1 is 1.05 bits per heavy atom. The molecule has 3 fully saturated rings. The topological polar surface area (TPSA) is 139 Å². The molecule has 2 heterocycles. The molecule has 1 spiro atoms. The number of carbonyl (C=O) groups is 4. The number of fused-ring (bicyclic) bond motifs is 3. The van der Waals surface area contributed by atoms with Gasteiger partial charge in [0.1, 0.15) is 24.4 Å². The highest BCUT2D eigenvalue weighted by Gasteiger charge is 2.64. The fraction of sp³-hybridized carbons (Fsp3) is 0.667. The predicted molar refractivity (Wildman–Crippen MR) is 162 cm³/mol. The third kappa shape index (κ3) is 7.68. The van der Waals surface area contributed by atoms with E-state index in [1.54, 1.807) is 20.8 Å². The molecular formula is C30H47N5O7Si. The van der Waals surface area contributed by atoms with Crippen LogP contribution in [0.3, 0.4) is 0 Å². The molecule has 1 unspecified atom stereocenters. The van der Waals surface area contributed by atoms with Crippen molar-refractivity contribution < 1.29 is 33.2 Å². The summed E-state index contributed by atoms with van der Waals surface area (Å²) in [6.07, 6.45) is 0.541. The van der Waals surface area contributed by atoms with Gasteiger partial charge in [-0.25, -0.2) is 9.59 Å². The quantitative estimate of drug-likeness (QED) is 0.283. The van der Waals surface area contributed by atoms with Crippen LogP contribution in [0.1, 0.15) is 66.4 Å². The first-order chi connectivity index (χ1) is 19.9. The molecule has 238 valence electrons. The number of carbonyl (C=O) groups excluding carboxylic acids is 4. The smallest absolute Gasteiger partial charge is 0.407 e. The molecule has 43 heavy (non-hydrogen) atoms. The number of hydroxylamine groups is 2. The first kappa shape index (κ1) is 32.7. The van der Waals surface area contributed by atoms with Crippen LogP contribution in [0.2, 0.25) is 18.1 Å². The third-order valence-electron chi connectivity index (χ3n) is 8.85. The van der Waals surface area contributed by atoms with Gasteiger partial charge in [0.25, 0.3) is 11.8 Å². The van der Waals surface area contributed by atoms with Crippen molar-refractivity contribution in [2.75, 3.05) is 13.1 Å². The highest BCUT2D eigenvalue weighted by molar-refractivity contribution is 6.74. The lowest BCUT2D eigenvalue weighted by atomic mass is 9.85. The number of nitrogens with one attached hydrogen (secondary N) is 3. The van der Waals surface area contributed by atoms with Gasteiger partial charge in [-0.15, -0.1) is 0 Å². The van der Waals surface area contributed by atoms with Crippen molar-refractivity contribution in [3.63, 3.8) is 0 Å².